The number of amides is 1. The van der Waals surface area contributed by atoms with E-state index >= 15 is 0 Å². The van der Waals surface area contributed by atoms with Crippen molar-refractivity contribution in [2.75, 3.05) is 19.8 Å². The molecule has 0 unspecified atom stereocenters. The molecule has 0 bridgehead atoms. The van der Waals surface area contributed by atoms with E-state index in [0.29, 0.717) is 43.0 Å². The lowest BCUT2D eigenvalue weighted by Crippen LogP contribution is -2.23. The molecule has 1 amide bonds. The second-order valence-corrected chi connectivity index (χ2v) is 6.23. The number of hydrogen-bond donors (Lipinski definition) is 1. The summed E-state index contributed by atoms with van der Waals surface area (Å²) in [7, 11) is 0. The van der Waals surface area contributed by atoms with Crippen LogP contribution in [-0.2, 0) is 22.6 Å². The molecule has 1 N–H and O–H groups in total. The highest BCUT2D eigenvalue weighted by molar-refractivity contribution is 9.10. The zero-order valence-corrected chi connectivity index (χ0v) is 15.6. The van der Waals surface area contributed by atoms with Gasteiger partial charge in [-0.05, 0) is 52.2 Å². The number of carbonyl (C=O) groups excluding carboxylic acids is 1. The molecule has 2 aromatic rings. The van der Waals surface area contributed by atoms with Gasteiger partial charge in [-0.1, -0.05) is 24.3 Å². The average Bonchev–Trinajstić information content (AvgIpc) is 2.60. The van der Waals surface area contributed by atoms with Gasteiger partial charge in [-0.2, -0.15) is 0 Å². The van der Waals surface area contributed by atoms with Crippen LogP contribution in [0.25, 0.3) is 0 Å². The van der Waals surface area contributed by atoms with Gasteiger partial charge in [0.15, 0.2) is 0 Å². The van der Waals surface area contributed by atoms with Crippen molar-refractivity contribution in [1.29, 1.82) is 0 Å². The summed E-state index contributed by atoms with van der Waals surface area (Å²) in [6.07, 6.45) is 0. The molecule has 0 aliphatic heterocycles. The van der Waals surface area contributed by atoms with Crippen molar-refractivity contribution in [3.63, 3.8) is 0 Å². The molecule has 0 atom stereocenters. The number of ether oxygens (including phenoxy) is 2. The van der Waals surface area contributed by atoms with Gasteiger partial charge in [0.2, 0.25) is 0 Å². The van der Waals surface area contributed by atoms with Crippen LogP contribution in [-0.4, -0.2) is 25.7 Å². The average molecular weight is 410 g/mol. The van der Waals surface area contributed by atoms with E-state index in [1.54, 1.807) is 0 Å². The van der Waals surface area contributed by atoms with Crippen LogP contribution in [0.15, 0.2) is 46.9 Å². The predicted octanol–water partition coefficient (Wildman–Crippen LogP) is 4.07. The normalized spacial score (nSPS) is 10.7. The molecule has 0 aromatic heterocycles. The maximum atomic E-state index is 13.1. The molecule has 4 nitrogen and oxygen atoms in total. The third kappa shape index (κ3) is 6.57. The molecule has 0 spiro atoms. The minimum absolute atomic E-state index is 0.259. The molecule has 0 saturated heterocycles. The highest BCUT2D eigenvalue weighted by atomic mass is 79.9. The van der Waals surface area contributed by atoms with Gasteiger partial charge in [-0.15, -0.1) is 0 Å². The summed E-state index contributed by atoms with van der Waals surface area (Å²) in [5, 5.41) is 2.83. The van der Waals surface area contributed by atoms with Crippen LogP contribution in [0.5, 0.6) is 0 Å². The van der Waals surface area contributed by atoms with Crippen LogP contribution in [0.2, 0.25) is 0 Å². The van der Waals surface area contributed by atoms with Gasteiger partial charge < -0.3 is 14.8 Å². The first kappa shape index (κ1) is 19.6. The van der Waals surface area contributed by atoms with Crippen molar-refractivity contribution < 1.29 is 18.7 Å². The second kappa shape index (κ2) is 10.3. The number of rotatable bonds is 9. The lowest BCUT2D eigenvalue weighted by atomic mass is 10.1. The fourth-order valence-corrected chi connectivity index (χ4v) is 2.76. The van der Waals surface area contributed by atoms with Gasteiger partial charge in [0.05, 0.1) is 25.4 Å². The lowest BCUT2D eigenvalue weighted by Gasteiger charge is -2.09. The van der Waals surface area contributed by atoms with Gasteiger partial charge in [-0.3, -0.25) is 4.79 Å². The molecule has 0 aliphatic carbocycles. The molecular formula is C19H21BrFNO3. The Balaban J connectivity index is 1.86. The molecule has 134 valence electrons. The fourth-order valence-electron chi connectivity index (χ4n) is 2.23. The molecule has 2 aromatic carbocycles. The summed E-state index contributed by atoms with van der Waals surface area (Å²) in [6, 6.07) is 11.8. The zero-order chi connectivity index (χ0) is 18.1. The summed E-state index contributed by atoms with van der Waals surface area (Å²) in [6.45, 7) is 4.64. The number of hydrogen-bond acceptors (Lipinski definition) is 3. The number of halogens is 2. The van der Waals surface area contributed by atoms with Crippen LogP contribution in [0.3, 0.4) is 0 Å². The monoisotopic (exact) mass is 409 g/mol. The summed E-state index contributed by atoms with van der Waals surface area (Å²) in [4.78, 5) is 12.2. The molecule has 0 aliphatic rings. The van der Waals surface area contributed by atoms with Crippen molar-refractivity contribution in [2.24, 2.45) is 0 Å². The van der Waals surface area contributed by atoms with Crippen molar-refractivity contribution in [3.05, 3.63) is 69.4 Å². The summed E-state index contributed by atoms with van der Waals surface area (Å²) >= 11 is 3.20. The van der Waals surface area contributed by atoms with Gasteiger partial charge in [0, 0.05) is 17.6 Å². The molecule has 25 heavy (non-hydrogen) atoms. The standard InChI is InChI=1S/C19H21BrFNO3/c1-2-24-8-9-25-13-15-5-3-4-14(10-15)12-22-19(23)17-7-6-16(21)11-18(17)20/h3-7,10-11H,2,8-9,12-13H2,1H3,(H,22,23). The van der Waals surface area contributed by atoms with Crippen LogP contribution < -0.4 is 5.32 Å². The highest BCUT2D eigenvalue weighted by Crippen LogP contribution is 2.18. The van der Waals surface area contributed by atoms with E-state index in [4.69, 9.17) is 9.47 Å². The fraction of sp³-hybridized carbons (Fsp3) is 0.316. The molecule has 2 rings (SSSR count). The first-order chi connectivity index (χ1) is 12.1. The van der Waals surface area contributed by atoms with Crippen molar-refractivity contribution in [2.45, 2.75) is 20.1 Å². The van der Waals surface area contributed by atoms with E-state index in [9.17, 15) is 9.18 Å². The van der Waals surface area contributed by atoms with E-state index in [-0.39, 0.29) is 11.7 Å². The Morgan fingerprint density at radius 1 is 1.12 bits per heavy atom. The molecule has 6 heteroatoms. The van der Waals surface area contributed by atoms with Gasteiger partial charge in [0.1, 0.15) is 5.82 Å². The van der Waals surface area contributed by atoms with E-state index in [1.165, 1.54) is 18.2 Å². The number of nitrogens with one attached hydrogen (secondary N) is 1. The Hall–Kier alpha value is -1.76. The summed E-state index contributed by atoms with van der Waals surface area (Å²) < 4.78 is 24.3. The van der Waals surface area contributed by atoms with E-state index in [2.05, 4.69) is 21.2 Å². The SMILES string of the molecule is CCOCCOCc1cccc(CNC(=O)c2ccc(F)cc2Br)c1. The largest absolute Gasteiger partial charge is 0.379 e. The maximum absolute atomic E-state index is 13.1. The first-order valence-corrected chi connectivity index (χ1v) is 8.86. The van der Waals surface area contributed by atoms with Crippen molar-refractivity contribution in [3.8, 4) is 0 Å². The minimum Gasteiger partial charge on any atom is -0.379 e. The van der Waals surface area contributed by atoms with Crippen LogP contribution in [0.4, 0.5) is 4.39 Å². The topological polar surface area (TPSA) is 47.6 Å². The van der Waals surface area contributed by atoms with Crippen LogP contribution in [0, 0.1) is 5.82 Å². The maximum Gasteiger partial charge on any atom is 0.252 e. The lowest BCUT2D eigenvalue weighted by molar-refractivity contribution is 0.0453. The smallest absolute Gasteiger partial charge is 0.252 e. The van der Waals surface area contributed by atoms with E-state index in [0.717, 1.165) is 11.1 Å². The molecule has 0 radical (unpaired) electrons. The Labute approximate surface area is 155 Å². The Kier molecular flexibility index (Phi) is 8.04. The van der Waals surface area contributed by atoms with Crippen LogP contribution >= 0.6 is 15.9 Å². The Morgan fingerprint density at radius 2 is 1.88 bits per heavy atom. The first-order valence-electron chi connectivity index (χ1n) is 8.06. The van der Waals surface area contributed by atoms with Gasteiger partial charge in [-0.25, -0.2) is 4.39 Å². The van der Waals surface area contributed by atoms with Crippen molar-refractivity contribution in [1.82, 2.24) is 5.32 Å². The van der Waals surface area contributed by atoms with Gasteiger partial charge >= 0.3 is 0 Å². The quantitative estimate of drug-likeness (QED) is 0.634. The minimum atomic E-state index is -0.388. The predicted molar refractivity (Wildman–Crippen MR) is 97.9 cm³/mol. The molecule has 0 heterocycles. The number of carbonyl (C=O) groups is 1. The van der Waals surface area contributed by atoms with E-state index in [1.807, 2.05) is 31.2 Å². The third-order valence-electron chi connectivity index (χ3n) is 3.47. The third-order valence-corrected chi connectivity index (χ3v) is 4.12. The second-order valence-electron chi connectivity index (χ2n) is 5.38. The van der Waals surface area contributed by atoms with Crippen LogP contribution in [0.1, 0.15) is 28.4 Å². The molecular weight excluding hydrogens is 389 g/mol. The molecule has 0 saturated carbocycles. The summed E-state index contributed by atoms with van der Waals surface area (Å²) in [5.41, 5.74) is 2.40. The van der Waals surface area contributed by atoms with E-state index < -0.39 is 0 Å². The Bertz CT molecular complexity index is 709. The molecule has 0 fully saturated rings. The Morgan fingerprint density at radius 3 is 2.64 bits per heavy atom. The van der Waals surface area contributed by atoms with Gasteiger partial charge in [0.25, 0.3) is 5.91 Å². The van der Waals surface area contributed by atoms with Crippen molar-refractivity contribution >= 4 is 21.8 Å². The zero-order valence-electron chi connectivity index (χ0n) is 14.1. The summed E-state index contributed by atoms with van der Waals surface area (Å²) in [5.74, 6) is -0.647. The highest BCUT2D eigenvalue weighted by Gasteiger charge is 2.10. The number of benzene rings is 2.